The molecule has 1 rings (SSSR count). The Kier molecular flexibility index (Phi) is 4.76. The molecule has 100 valence electrons. The Balaban J connectivity index is 2.70. The minimum Gasteiger partial charge on any atom is -0.397 e. The number of rotatable bonds is 5. The van der Waals surface area contributed by atoms with Gasteiger partial charge in [-0.3, -0.25) is 9.59 Å². The molecular formula is C12H20N4O2. The van der Waals surface area contributed by atoms with Crippen molar-refractivity contribution in [2.75, 3.05) is 26.4 Å². The molecule has 0 atom stereocenters. The molecule has 0 aliphatic heterocycles. The first-order chi connectivity index (χ1) is 8.49. The zero-order valence-electron chi connectivity index (χ0n) is 11.1. The molecule has 18 heavy (non-hydrogen) atoms. The van der Waals surface area contributed by atoms with E-state index in [-0.39, 0.29) is 11.8 Å². The molecule has 6 nitrogen and oxygen atoms in total. The maximum atomic E-state index is 12.2. The second-order valence-electron chi connectivity index (χ2n) is 4.09. The number of nitrogens with two attached hydrogens (primary N) is 1. The van der Waals surface area contributed by atoms with Crippen LogP contribution in [0.25, 0.3) is 0 Å². The van der Waals surface area contributed by atoms with Crippen molar-refractivity contribution in [2.24, 2.45) is 0 Å². The molecule has 0 saturated carbocycles. The quantitative estimate of drug-likeness (QED) is 0.791. The van der Waals surface area contributed by atoms with E-state index in [1.54, 1.807) is 30.9 Å². The number of hydrogen-bond donors (Lipinski definition) is 2. The van der Waals surface area contributed by atoms with Gasteiger partial charge >= 0.3 is 0 Å². The smallest absolute Gasteiger partial charge is 0.270 e. The maximum Gasteiger partial charge on any atom is 0.270 e. The number of anilines is 1. The molecule has 1 heterocycles. The molecule has 0 aliphatic rings. The van der Waals surface area contributed by atoms with Gasteiger partial charge in [0.05, 0.1) is 5.69 Å². The Bertz CT molecular complexity index is 439. The van der Waals surface area contributed by atoms with Crippen LogP contribution in [0, 0.1) is 0 Å². The number of aryl methyl sites for hydroxylation is 1. The zero-order chi connectivity index (χ0) is 13.7. The Morgan fingerprint density at radius 1 is 1.50 bits per heavy atom. The second-order valence-corrected chi connectivity index (χ2v) is 4.09. The number of nitrogens with one attached hydrogen (secondary N) is 1. The highest BCUT2D eigenvalue weighted by Crippen LogP contribution is 2.12. The van der Waals surface area contributed by atoms with Gasteiger partial charge in [-0.15, -0.1) is 0 Å². The fourth-order valence-electron chi connectivity index (χ4n) is 1.67. The third-order valence-electron chi connectivity index (χ3n) is 2.78. The molecule has 0 spiro atoms. The largest absolute Gasteiger partial charge is 0.397 e. The molecule has 0 aliphatic carbocycles. The molecule has 0 radical (unpaired) electrons. The highest BCUT2D eigenvalue weighted by atomic mass is 16.2. The summed E-state index contributed by atoms with van der Waals surface area (Å²) in [4.78, 5) is 24.8. The van der Waals surface area contributed by atoms with E-state index >= 15 is 0 Å². The van der Waals surface area contributed by atoms with Gasteiger partial charge in [0.25, 0.3) is 5.91 Å². The number of hydrogen-bond acceptors (Lipinski definition) is 3. The van der Waals surface area contributed by atoms with Gasteiger partial charge in [-0.2, -0.15) is 0 Å². The summed E-state index contributed by atoms with van der Waals surface area (Å²) in [6, 6.07) is 1.65. The Hall–Kier alpha value is -1.98. The van der Waals surface area contributed by atoms with E-state index in [0.717, 1.165) is 0 Å². The van der Waals surface area contributed by atoms with Crippen LogP contribution in [-0.2, 0) is 11.3 Å². The Labute approximate surface area is 107 Å². The number of nitrogen functional groups attached to an aromatic ring is 1. The predicted molar refractivity (Wildman–Crippen MR) is 70.2 cm³/mol. The average molecular weight is 252 g/mol. The van der Waals surface area contributed by atoms with Crippen LogP contribution in [0.2, 0.25) is 0 Å². The summed E-state index contributed by atoms with van der Waals surface area (Å²) in [7, 11) is 3.25. The number of carbonyl (C=O) groups is 2. The van der Waals surface area contributed by atoms with Crippen molar-refractivity contribution in [2.45, 2.75) is 19.9 Å². The van der Waals surface area contributed by atoms with Crippen LogP contribution in [0.1, 0.15) is 23.8 Å². The highest BCUT2D eigenvalue weighted by molar-refractivity contribution is 5.94. The fourth-order valence-corrected chi connectivity index (χ4v) is 1.67. The molecule has 3 N–H and O–H groups in total. The Morgan fingerprint density at radius 3 is 2.72 bits per heavy atom. The van der Waals surface area contributed by atoms with E-state index in [9.17, 15) is 9.59 Å². The molecular weight excluding hydrogens is 232 g/mol. The fraction of sp³-hybridized carbons (Fsp3) is 0.500. The average Bonchev–Trinajstić information content (AvgIpc) is 2.75. The van der Waals surface area contributed by atoms with Crippen LogP contribution in [0.3, 0.4) is 0 Å². The van der Waals surface area contributed by atoms with E-state index < -0.39 is 0 Å². The van der Waals surface area contributed by atoms with Gasteiger partial charge in [0, 0.05) is 39.8 Å². The van der Waals surface area contributed by atoms with E-state index in [1.165, 1.54) is 4.90 Å². The topological polar surface area (TPSA) is 80.4 Å². The normalized spacial score (nSPS) is 10.2. The summed E-state index contributed by atoms with van der Waals surface area (Å²) in [6.45, 7) is 3.01. The van der Waals surface area contributed by atoms with E-state index in [1.807, 2.05) is 6.92 Å². The summed E-state index contributed by atoms with van der Waals surface area (Å²) >= 11 is 0. The molecule has 0 fully saturated rings. The summed E-state index contributed by atoms with van der Waals surface area (Å²) < 4.78 is 1.80. The predicted octanol–water partition coefficient (Wildman–Crippen LogP) is 0.298. The summed E-state index contributed by atoms with van der Waals surface area (Å²) in [5, 5.41) is 2.52. The second kappa shape index (κ2) is 6.09. The minimum atomic E-state index is -0.127. The summed E-state index contributed by atoms with van der Waals surface area (Å²) in [5.74, 6) is -0.211. The maximum absolute atomic E-state index is 12.2. The number of aromatic nitrogens is 1. The zero-order valence-corrected chi connectivity index (χ0v) is 11.1. The van der Waals surface area contributed by atoms with Crippen molar-refractivity contribution in [3.8, 4) is 0 Å². The molecule has 0 aromatic carbocycles. The van der Waals surface area contributed by atoms with Gasteiger partial charge in [-0.25, -0.2) is 0 Å². The standard InChI is InChI=1S/C12H20N4O2/c1-4-16-8-9(13)7-10(16)12(18)15(3)6-5-11(17)14-2/h7-8H,4-6,13H2,1-3H3,(H,14,17). The molecule has 1 aromatic rings. The van der Waals surface area contributed by atoms with Crippen molar-refractivity contribution in [1.29, 1.82) is 0 Å². The van der Waals surface area contributed by atoms with Gasteiger partial charge in [0.1, 0.15) is 5.69 Å². The van der Waals surface area contributed by atoms with Gasteiger partial charge in [0.2, 0.25) is 5.91 Å². The number of amides is 2. The minimum absolute atomic E-state index is 0.0833. The first-order valence-corrected chi connectivity index (χ1v) is 5.91. The van der Waals surface area contributed by atoms with E-state index in [4.69, 9.17) is 5.73 Å². The lowest BCUT2D eigenvalue weighted by Crippen LogP contribution is -2.32. The van der Waals surface area contributed by atoms with Crippen LogP contribution in [0.5, 0.6) is 0 Å². The van der Waals surface area contributed by atoms with E-state index in [2.05, 4.69) is 5.32 Å². The number of nitrogens with zero attached hydrogens (tertiary/aromatic N) is 2. The molecule has 0 unspecified atom stereocenters. The van der Waals surface area contributed by atoms with Crippen molar-refractivity contribution < 1.29 is 9.59 Å². The van der Waals surface area contributed by atoms with Crippen LogP contribution in [-0.4, -0.2) is 41.9 Å². The lowest BCUT2D eigenvalue weighted by molar-refractivity contribution is -0.120. The van der Waals surface area contributed by atoms with Crippen LogP contribution >= 0.6 is 0 Å². The lowest BCUT2D eigenvalue weighted by Gasteiger charge is -2.17. The van der Waals surface area contributed by atoms with E-state index in [0.29, 0.717) is 30.9 Å². The van der Waals surface area contributed by atoms with Gasteiger partial charge in [0.15, 0.2) is 0 Å². The molecule has 0 saturated heterocycles. The lowest BCUT2D eigenvalue weighted by atomic mass is 10.3. The molecule has 6 heteroatoms. The molecule has 0 bridgehead atoms. The van der Waals surface area contributed by atoms with Crippen molar-refractivity contribution in [3.05, 3.63) is 18.0 Å². The van der Waals surface area contributed by atoms with Crippen LogP contribution in [0.4, 0.5) is 5.69 Å². The van der Waals surface area contributed by atoms with Crippen LogP contribution < -0.4 is 11.1 Å². The number of carbonyl (C=O) groups excluding carboxylic acids is 2. The first kappa shape index (κ1) is 14.1. The van der Waals surface area contributed by atoms with Crippen molar-refractivity contribution in [1.82, 2.24) is 14.8 Å². The Morgan fingerprint density at radius 2 is 2.17 bits per heavy atom. The third-order valence-corrected chi connectivity index (χ3v) is 2.78. The van der Waals surface area contributed by atoms with Crippen molar-refractivity contribution >= 4 is 17.5 Å². The van der Waals surface area contributed by atoms with Crippen molar-refractivity contribution in [3.63, 3.8) is 0 Å². The van der Waals surface area contributed by atoms with Gasteiger partial charge in [-0.1, -0.05) is 0 Å². The SMILES string of the molecule is CCn1cc(N)cc1C(=O)N(C)CCC(=O)NC. The highest BCUT2D eigenvalue weighted by Gasteiger charge is 2.16. The van der Waals surface area contributed by atoms with Gasteiger partial charge < -0.3 is 20.5 Å². The molecule has 1 aromatic heterocycles. The molecule has 2 amide bonds. The monoisotopic (exact) mass is 252 g/mol. The summed E-state index contributed by atoms with van der Waals surface area (Å²) in [6.07, 6.45) is 2.03. The van der Waals surface area contributed by atoms with Gasteiger partial charge in [-0.05, 0) is 13.0 Å². The summed E-state index contributed by atoms with van der Waals surface area (Å²) in [5.41, 5.74) is 6.80. The third kappa shape index (κ3) is 3.26. The first-order valence-electron chi connectivity index (χ1n) is 5.91. The van der Waals surface area contributed by atoms with Crippen LogP contribution in [0.15, 0.2) is 12.3 Å².